The van der Waals surface area contributed by atoms with Crippen LogP contribution in [0.4, 0.5) is 17.6 Å². The van der Waals surface area contributed by atoms with Crippen LogP contribution in [0.3, 0.4) is 0 Å². The van der Waals surface area contributed by atoms with Crippen LogP contribution in [0.15, 0.2) is 131 Å². The molecule has 7 N–H and O–H groups in total. The van der Waals surface area contributed by atoms with Crippen LogP contribution in [0.2, 0.25) is 0 Å². The third-order valence-corrected chi connectivity index (χ3v) is 8.62. The van der Waals surface area contributed by atoms with Crippen LogP contribution in [-0.2, 0) is 26.1 Å². The number of benzene rings is 4. The van der Waals surface area contributed by atoms with Gasteiger partial charge in [-0.05, 0) is 88.1 Å². The lowest BCUT2D eigenvalue weighted by molar-refractivity contribution is 0.0693. The number of carbonyl (C=O) groups is 2. The Morgan fingerprint density at radius 3 is 1.47 bits per heavy atom. The Morgan fingerprint density at radius 1 is 0.567 bits per heavy atom. The van der Waals surface area contributed by atoms with Gasteiger partial charge in [0.2, 0.25) is 0 Å². The Morgan fingerprint density at radius 2 is 1.02 bits per heavy atom. The Kier molecular flexibility index (Phi) is 18.1. The van der Waals surface area contributed by atoms with Crippen molar-refractivity contribution in [3.8, 4) is 0 Å². The summed E-state index contributed by atoms with van der Waals surface area (Å²) < 4.78 is 54.6. The highest BCUT2D eigenvalue weighted by Gasteiger charge is 2.16. The smallest absolute Gasteiger partial charge is 0.477 e. The largest absolute Gasteiger partial charge is 0.488 e. The fourth-order valence-electron chi connectivity index (χ4n) is 5.55. The average molecular weight is 829 g/mol. The molecule has 60 heavy (non-hydrogen) atoms. The van der Waals surface area contributed by atoms with E-state index in [1.54, 1.807) is 48.5 Å². The fraction of sp³-hybridized carbons (Fsp3) is 0.143. The van der Waals surface area contributed by atoms with E-state index in [9.17, 15) is 46.8 Å². The first kappa shape index (κ1) is 47.9. The second-order valence-corrected chi connectivity index (χ2v) is 12.9. The van der Waals surface area contributed by atoms with Gasteiger partial charge in [-0.25, -0.2) is 22.4 Å². The summed E-state index contributed by atoms with van der Waals surface area (Å²) in [5.74, 6) is -5.65. The van der Waals surface area contributed by atoms with Gasteiger partial charge in [-0.1, -0.05) is 68.1 Å². The number of carboxylic acids is 1. The molecule has 2 aromatic heterocycles. The van der Waals surface area contributed by atoms with Crippen LogP contribution >= 0.6 is 0 Å². The molecule has 0 atom stereocenters. The van der Waals surface area contributed by atoms with E-state index in [1.807, 2.05) is 6.07 Å². The van der Waals surface area contributed by atoms with Gasteiger partial charge in [-0.2, -0.15) is 0 Å². The predicted molar refractivity (Wildman–Crippen MR) is 219 cm³/mol. The Bertz CT molecular complexity index is 2530. The number of carboxylic acid groups (broad SMARTS) is 1. The number of Topliss-reactive ketones (excluding diaryl/α,β-unsaturated/α-hetero) is 1. The maximum absolute atomic E-state index is 13.4. The van der Waals surface area contributed by atoms with Crippen LogP contribution in [0.5, 0.6) is 0 Å². The minimum Gasteiger partial charge on any atom is -0.477 e. The van der Waals surface area contributed by atoms with E-state index in [-0.39, 0.29) is 43.8 Å². The number of aromatic nitrogens is 2. The van der Waals surface area contributed by atoms with Gasteiger partial charge in [0.15, 0.2) is 29.1 Å². The summed E-state index contributed by atoms with van der Waals surface area (Å²) in [6.45, 7) is 0.394. The molecule has 18 heteroatoms. The first-order valence-corrected chi connectivity index (χ1v) is 17.7. The Labute approximate surface area is 342 Å². The lowest BCUT2D eigenvalue weighted by Crippen LogP contribution is -2.30. The number of aromatic carboxylic acids is 1. The summed E-state index contributed by atoms with van der Waals surface area (Å²) in [5.41, 5.74) is 6.99. The Balaban J connectivity index is 0.000000265. The number of nitrogens with two attached hydrogens (primary N) is 1. The zero-order chi connectivity index (χ0) is 43.2. The Hall–Kier alpha value is -6.43. The maximum atomic E-state index is 13.4. The van der Waals surface area contributed by atoms with E-state index >= 15 is 0 Å². The van der Waals surface area contributed by atoms with Crippen LogP contribution in [0.25, 0.3) is 0 Å². The molecule has 0 aliphatic rings. The van der Waals surface area contributed by atoms with Gasteiger partial charge < -0.3 is 40.1 Å². The second-order valence-electron chi connectivity index (χ2n) is 12.9. The standard InChI is InChI=1S/C21H18BF2NO4.C13H9F2NO3.C7H10BNO2.CH4/c23-18-8-6-15(12-19(18)24)13-25-10-2-5-17(21(25)27)20(26)9-7-14-3-1-4-16(11-14)22(28)29;14-10-4-3-8(6-11(10)15)7-16-5-1-2-9(12(16)17)13(18)19;9-5-6-2-1-3-7(4-6)8(10)11;/h1-6,8,10-12,28-29H,7,9,13H2;1-6H,7H2,(H,18,19);1-4,10-11H,5,9H2;1H4. The molecule has 312 valence electrons. The number of nitrogens with zero attached hydrogens (tertiary/aromatic N) is 2. The molecule has 0 fully saturated rings. The van der Waals surface area contributed by atoms with Crippen molar-refractivity contribution in [2.24, 2.45) is 5.73 Å². The molecule has 0 aliphatic heterocycles. The highest BCUT2D eigenvalue weighted by atomic mass is 19.2. The maximum Gasteiger partial charge on any atom is 0.488 e. The fourth-order valence-corrected chi connectivity index (χ4v) is 5.55. The predicted octanol–water partition coefficient (Wildman–Crippen LogP) is 3.00. The molecular formula is C42H41B2F4N3O9. The van der Waals surface area contributed by atoms with Crippen molar-refractivity contribution in [1.29, 1.82) is 0 Å². The summed E-state index contributed by atoms with van der Waals surface area (Å²) in [5, 5.41) is 44.8. The van der Waals surface area contributed by atoms with Gasteiger partial charge in [0, 0.05) is 25.4 Å². The number of rotatable bonds is 12. The van der Waals surface area contributed by atoms with E-state index < -0.39 is 54.6 Å². The van der Waals surface area contributed by atoms with Crippen molar-refractivity contribution in [3.63, 3.8) is 0 Å². The van der Waals surface area contributed by atoms with Gasteiger partial charge in [0.1, 0.15) is 5.56 Å². The number of ketones is 1. The highest BCUT2D eigenvalue weighted by Crippen LogP contribution is 2.12. The first-order valence-electron chi connectivity index (χ1n) is 17.7. The van der Waals surface area contributed by atoms with Gasteiger partial charge >= 0.3 is 20.2 Å². The molecule has 0 saturated carbocycles. The molecule has 0 spiro atoms. The normalized spacial score (nSPS) is 10.3. The van der Waals surface area contributed by atoms with Crippen LogP contribution in [0.1, 0.15) is 56.8 Å². The molecule has 0 aliphatic carbocycles. The molecule has 0 bridgehead atoms. The summed E-state index contributed by atoms with van der Waals surface area (Å²) in [4.78, 5) is 47.8. The van der Waals surface area contributed by atoms with Crippen molar-refractivity contribution < 1.29 is 52.4 Å². The molecule has 6 rings (SSSR count). The minimum atomic E-state index is -1.59. The third-order valence-electron chi connectivity index (χ3n) is 8.62. The number of hydrogen-bond acceptors (Lipinski definition) is 9. The zero-order valence-electron chi connectivity index (χ0n) is 31.1. The zero-order valence-corrected chi connectivity index (χ0v) is 31.1. The van der Waals surface area contributed by atoms with Crippen molar-refractivity contribution in [1.82, 2.24) is 9.13 Å². The number of hydrogen-bond donors (Lipinski definition) is 6. The number of halogens is 4. The summed E-state index contributed by atoms with van der Waals surface area (Å²) in [7, 11) is -3.00. The monoisotopic (exact) mass is 829 g/mol. The molecule has 0 saturated heterocycles. The van der Waals surface area contributed by atoms with Gasteiger partial charge in [-0.3, -0.25) is 14.4 Å². The topological polar surface area (TPSA) is 205 Å². The highest BCUT2D eigenvalue weighted by molar-refractivity contribution is 6.59. The van der Waals surface area contributed by atoms with Crippen molar-refractivity contribution in [3.05, 3.63) is 199 Å². The molecule has 0 radical (unpaired) electrons. The van der Waals surface area contributed by atoms with E-state index in [1.165, 1.54) is 47.3 Å². The third kappa shape index (κ3) is 13.6. The number of carbonyl (C=O) groups excluding carboxylic acids is 1. The summed E-state index contributed by atoms with van der Waals surface area (Å²) in [6, 6.07) is 25.7. The van der Waals surface area contributed by atoms with Crippen LogP contribution < -0.4 is 27.8 Å². The van der Waals surface area contributed by atoms with Crippen molar-refractivity contribution >= 4 is 36.9 Å². The lowest BCUT2D eigenvalue weighted by Gasteiger charge is -2.09. The van der Waals surface area contributed by atoms with E-state index in [0.717, 1.165) is 40.0 Å². The molecule has 6 aromatic rings. The lowest BCUT2D eigenvalue weighted by atomic mass is 9.79. The summed E-state index contributed by atoms with van der Waals surface area (Å²) in [6.07, 6.45) is 3.26. The summed E-state index contributed by atoms with van der Waals surface area (Å²) >= 11 is 0. The SMILES string of the molecule is C.NCc1cccc(B(O)O)c1.O=C(CCc1cccc(B(O)O)c1)c1cccn(Cc2ccc(F)c(F)c2)c1=O.O=C(O)c1cccn(Cc2ccc(F)c(F)c2)c1=O. The second kappa shape index (κ2) is 22.6. The molecule has 0 amide bonds. The van der Waals surface area contributed by atoms with Crippen LogP contribution in [-0.4, -0.2) is 60.3 Å². The number of aryl methyl sites for hydroxylation is 1. The molecule has 0 unspecified atom stereocenters. The van der Waals surface area contributed by atoms with Gasteiger partial charge in [-0.15, -0.1) is 0 Å². The van der Waals surface area contributed by atoms with E-state index in [2.05, 4.69) is 0 Å². The van der Waals surface area contributed by atoms with Crippen molar-refractivity contribution in [2.45, 2.75) is 39.9 Å². The van der Waals surface area contributed by atoms with E-state index in [0.29, 0.717) is 35.0 Å². The molecule has 2 heterocycles. The van der Waals surface area contributed by atoms with E-state index in [4.69, 9.17) is 20.9 Å². The van der Waals surface area contributed by atoms with Gasteiger partial charge in [0.25, 0.3) is 11.1 Å². The number of pyridine rings is 2. The van der Waals surface area contributed by atoms with Crippen molar-refractivity contribution in [2.75, 3.05) is 0 Å². The van der Waals surface area contributed by atoms with Gasteiger partial charge in [0.05, 0.1) is 18.7 Å². The molecule has 4 aromatic carbocycles. The molecular weight excluding hydrogens is 788 g/mol. The quantitative estimate of drug-likeness (QED) is 0.0605. The minimum absolute atomic E-state index is 0. The first-order chi connectivity index (χ1) is 28.1. The average Bonchev–Trinajstić information content (AvgIpc) is 3.21. The van der Waals surface area contributed by atoms with Crippen LogP contribution in [0, 0.1) is 23.3 Å². The molecule has 12 nitrogen and oxygen atoms in total.